The van der Waals surface area contributed by atoms with Gasteiger partial charge in [0.1, 0.15) is 5.76 Å². The number of ether oxygens (including phenoxy) is 1. The summed E-state index contributed by atoms with van der Waals surface area (Å²) in [6, 6.07) is 6.01. The van der Waals surface area contributed by atoms with Crippen molar-refractivity contribution < 1.29 is 13.9 Å². The molecule has 1 atom stereocenters. The smallest absolute Gasteiger partial charge is 0.255 e. The van der Waals surface area contributed by atoms with E-state index in [1.165, 1.54) is 6.20 Å². The van der Waals surface area contributed by atoms with Gasteiger partial charge in [-0.1, -0.05) is 0 Å². The first kappa shape index (κ1) is 17.2. The predicted octanol–water partition coefficient (Wildman–Crippen LogP) is 1.97. The molecule has 0 bridgehead atoms. The van der Waals surface area contributed by atoms with Crippen molar-refractivity contribution in [1.82, 2.24) is 20.0 Å². The number of hydrogen-bond acceptors (Lipinski definition) is 6. The van der Waals surface area contributed by atoms with Crippen molar-refractivity contribution in [2.24, 2.45) is 0 Å². The van der Waals surface area contributed by atoms with E-state index < -0.39 is 0 Å². The molecule has 2 saturated heterocycles. The van der Waals surface area contributed by atoms with Gasteiger partial charge in [-0.25, -0.2) is 0 Å². The Bertz CT molecular complexity index is 727. The standard InChI is InChI=1S/C19H24N4O3/c1-22(13-17-3-2-10-25-17)16-11-19(26-14-16)5-8-23(9-6-19)18(24)15-4-7-20-21-12-15/h2-4,7,10,12,16H,5-6,8-9,11,13-14H2,1H3/t16-/m0/s1. The van der Waals surface area contributed by atoms with E-state index in [1.807, 2.05) is 17.0 Å². The molecule has 0 saturated carbocycles. The van der Waals surface area contributed by atoms with Crippen LogP contribution < -0.4 is 0 Å². The number of carbonyl (C=O) groups is 1. The molecule has 4 rings (SSSR count). The highest BCUT2D eigenvalue weighted by Crippen LogP contribution is 2.38. The van der Waals surface area contributed by atoms with Gasteiger partial charge in [0.2, 0.25) is 0 Å². The highest BCUT2D eigenvalue weighted by molar-refractivity contribution is 5.93. The van der Waals surface area contributed by atoms with Gasteiger partial charge in [0.25, 0.3) is 5.91 Å². The maximum atomic E-state index is 12.6. The number of likely N-dealkylation sites (N-methyl/N-ethyl adjacent to an activating group) is 1. The SMILES string of the molecule is CN(Cc1ccco1)[C@@H]1COC2(CCN(C(=O)c3ccnnc3)CC2)C1. The number of hydrogen-bond donors (Lipinski definition) is 0. The van der Waals surface area contributed by atoms with E-state index in [0.29, 0.717) is 11.6 Å². The fourth-order valence-corrected chi connectivity index (χ4v) is 3.95. The van der Waals surface area contributed by atoms with Crippen LogP contribution in [0.1, 0.15) is 35.4 Å². The predicted molar refractivity (Wildman–Crippen MR) is 94.4 cm³/mol. The van der Waals surface area contributed by atoms with Gasteiger partial charge in [-0.15, -0.1) is 0 Å². The number of piperidine rings is 1. The summed E-state index contributed by atoms with van der Waals surface area (Å²) in [5.41, 5.74) is 0.495. The first-order valence-electron chi connectivity index (χ1n) is 9.08. The van der Waals surface area contributed by atoms with Crippen molar-refractivity contribution in [1.29, 1.82) is 0 Å². The summed E-state index contributed by atoms with van der Waals surface area (Å²) >= 11 is 0. The second kappa shape index (κ2) is 7.17. The van der Waals surface area contributed by atoms with Crippen LogP contribution in [0.25, 0.3) is 0 Å². The first-order chi connectivity index (χ1) is 12.7. The summed E-state index contributed by atoms with van der Waals surface area (Å²) < 4.78 is 11.7. The normalized spacial score (nSPS) is 22.2. The second-order valence-electron chi connectivity index (χ2n) is 7.27. The Morgan fingerprint density at radius 1 is 1.35 bits per heavy atom. The highest BCUT2D eigenvalue weighted by atomic mass is 16.5. The molecule has 0 N–H and O–H groups in total. The van der Waals surface area contributed by atoms with Crippen LogP contribution in [0.5, 0.6) is 0 Å². The maximum Gasteiger partial charge on any atom is 0.255 e. The van der Waals surface area contributed by atoms with Crippen LogP contribution in [0, 0.1) is 0 Å². The molecule has 7 heteroatoms. The molecule has 138 valence electrons. The average molecular weight is 356 g/mol. The van der Waals surface area contributed by atoms with Crippen molar-refractivity contribution in [3.63, 3.8) is 0 Å². The number of aromatic nitrogens is 2. The largest absolute Gasteiger partial charge is 0.468 e. The average Bonchev–Trinajstić information content (AvgIpc) is 3.33. The molecule has 0 unspecified atom stereocenters. The lowest BCUT2D eigenvalue weighted by atomic mass is 9.87. The number of rotatable bonds is 4. The molecule has 0 aromatic carbocycles. The quantitative estimate of drug-likeness (QED) is 0.834. The summed E-state index contributed by atoms with van der Waals surface area (Å²) in [7, 11) is 2.12. The number of amides is 1. The molecule has 4 heterocycles. The van der Waals surface area contributed by atoms with Crippen LogP contribution in [-0.4, -0.2) is 64.3 Å². The fourth-order valence-electron chi connectivity index (χ4n) is 3.95. The summed E-state index contributed by atoms with van der Waals surface area (Å²) in [6.07, 6.45) is 7.55. The van der Waals surface area contributed by atoms with Gasteiger partial charge in [-0.2, -0.15) is 10.2 Å². The Hall–Kier alpha value is -2.25. The van der Waals surface area contributed by atoms with E-state index in [1.54, 1.807) is 18.5 Å². The van der Waals surface area contributed by atoms with E-state index in [4.69, 9.17) is 9.15 Å². The Labute approximate surface area is 152 Å². The Morgan fingerprint density at radius 3 is 2.88 bits per heavy atom. The van der Waals surface area contributed by atoms with Crippen LogP contribution in [0.4, 0.5) is 0 Å². The van der Waals surface area contributed by atoms with Crippen molar-refractivity contribution >= 4 is 5.91 Å². The molecule has 2 aliphatic heterocycles. The van der Waals surface area contributed by atoms with Gasteiger partial charge in [0.05, 0.1) is 43.0 Å². The van der Waals surface area contributed by atoms with Gasteiger partial charge in [0, 0.05) is 19.1 Å². The van der Waals surface area contributed by atoms with Crippen LogP contribution in [0.3, 0.4) is 0 Å². The second-order valence-corrected chi connectivity index (χ2v) is 7.27. The van der Waals surface area contributed by atoms with Gasteiger partial charge < -0.3 is 14.1 Å². The third-order valence-electron chi connectivity index (χ3n) is 5.59. The van der Waals surface area contributed by atoms with Gasteiger partial charge in [0.15, 0.2) is 0 Å². The van der Waals surface area contributed by atoms with E-state index >= 15 is 0 Å². The number of likely N-dealkylation sites (tertiary alicyclic amines) is 1. The lowest BCUT2D eigenvalue weighted by Crippen LogP contribution is -2.47. The van der Waals surface area contributed by atoms with Crippen LogP contribution in [0.2, 0.25) is 0 Å². The van der Waals surface area contributed by atoms with E-state index in [9.17, 15) is 4.79 Å². The zero-order valence-electron chi connectivity index (χ0n) is 15.0. The molecule has 2 aromatic rings. The summed E-state index contributed by atoms with van der Waals surface area (Å²) in [5.74, 6) is 0.999. The fraction of sp³-hybridized carbons (Fsp3) is 0.526. The first-order valence-corrected chi connectivity index (χ1v) is 9.08. The minimum absolute atomic E-state index is 0.0271. The molecular formula is C19H24N4O3. The number of furan rings is 1. The molecule has 2 aromatic heterocycles. The molecule has 1 spiro atoms. The molecular weight excluding hydrogens is 332 g/mol. The third kappa shape index (κ3) is 3.50. The Kier molecular flexibility index (Phi) is 4.74. The molecule has 2 fully saturated rings. The zero-order chi connectivity index (χ0) is 18.0. The van der Waals surface area contributed by atoms with Gasteiger partial charge in [-0.05, 0) is 44.5 Å². The van der Waals surface area contributed by atoms with Crippen LogP contribution >= 0.6 is 0 Å². The lowest BCUT2D eigenvalue weighted by molar-refractivity contribution is -0.0393. The summed E-state index contributed by atoms with van der Waals surface area (Å²) in [4.78, 5) is 16.7. The van der Waals surface area contributed by atoms with Crippen molar-refractivity contribution in [2.45, 2.75) is 37.5 Å². The van der Waals surface area contributed by atoms with Crippen molar-refractivity contribution in [2.75, 3.05) is 26.7 Å². The van der Waals surface area contributed by atoms with Gasteiger partial charge >= 0.3 is 0 Å². The van der Waals surface area contributed by atoms with Crippen molar-refractivity contribution in [3.05, 3.63) is 48.2 Å². The van der Waals surface area contributed by atoms with Crippen molar-refractivity contribution in [3.8, 4) is 0 Å². The summed E-state index contributed by atoms with van der Waals surface area (Å²) in [5, 5.41) is 7.53. The third-order valence-corrected chi connectivity index (χ3v) is 5.59. The van der Waals surface area contributed by atoms with Gasteiger partial charge in [-0.3, -0.25) is 9.69 Å². The van der Waals surface area contributed by atoms with Crippen LogP contribution in [-0.2, 0) is 11.3 Å². The number of nitrogens with zero attached hydrogens (tertiary/aromatic N) is 4. The zero-order valence-corrected chi connectivity index (χ0v) is 15.0. The summed E-state index contributed by atoms with van der Waals surface area (Å²) in [6.45, 7) is 2.96. The van der Waals surface area contributed by atoms with E-state index in [-0.39, 0.29) is 11.5 Å². The molecule has 7 nitrogen and oxygen atoms in total. The Balaban J connectivity index is 1.32. The topological polar surface area (TPSA) is 71.7 Å². The Morgan fingerprint density at radius 2 is 2.19 bits per heavy atom. The van der Waals surface area contributed by atoms with E-state index in [0.717, 1.165) is 51.3 Å². The minimum Gasteiger partial charge on any atom is -0.468 e. The highest BCUT2D eigenvalue weighted by Gasteiger charge is 2.44. The molecule has 26 heavy (non-hydrogen) atoms. The molecule has 2 aliphatic rings. The van der Waals surface area contributed by atoms with Crippen LogP contribution in [0.15, 0.2) is 41.3 Å². The lowest BCUT2D eigenvalue weighted by Gasteiger charge is -2.39. The maximum absolute atomic E-state index is 12.6. The molecule has 0 radical (unpaired) electrons. The molecule has 1 amide bonds. The monoisotopic (exact) mass is 356 g/mol. The number of carbonyl (C=O) groups excluding carboxylic acids is 1. The molecule has 0 aliphatic carbocycles. The minimum atomic E-state index is -0.102. The van der Waals surface area contributed by atoms with E-state index in [2.05, 4.69) is 22.1 Å².